The maximum atomic E-state index is 12.9. The summed E-state index contributed by atoms with van der Waals surface area (Å²) in [6, 6.07) is 6.38. The predicted molar refractivity (Wildman–Crippen MR) is 65.6 cm³/mol. The zero-order valence-electron chi connectivity index (χ0n) is 8.45. The first kappa shape index (κ1) is 11.1. The first-order valence-corrected chi connectivity index (χ1v) is 5.58. The number of halogens is 2. The van der Waals surface area contributed by atoms with Crippen LogP contribution in [-0.2, 0) is 6.42 Å². The zero-order chi connectivity index (χ0) is 11.5. The maximum absolute atomic E-state index is 12.9. The molecule has 1 aromatic carbocycles. The summed E-state index contributed by atoms with van der Waals surface area (Å²) in [6.45, 7) is 0. The summed E-state index contributed by atoms with van der Waals surface area (Å²) < 4.78 is 13.6. The van der Waals surface area contributed by atoms with Gasteiger partial charge < -0.3 is 5.73 Å². The van der Waals surface area contributed by atoms with Gasteiger partial charge in [-0.1, -0.05) is 22.0 Å². The summed E-state index contributed by atoms with van der Waals surface area (Å²) in [4.78, 5) is 4.02. The monoisotopic (exact) mass is 280 g/mol. The van der Waals surface area contributed by atoms with Gasteiger partial charge >= 0.3 is 0 Å². The third-order valence-electron chi connectivity index (χ3n) is 2.34. The van der Waals surface area contributed by atoms with Crippen molar-refractivity contribution in [1.82, 2.24) is 4.98 Å². The van der Waals surface area contributed by atoms with Crippen LogP contribution in [0.4, 0.5) is 10.1 Å². The molecule has 0 radical (unpaired) electrons. The Morgan fingerprint density at radius 3 is 2.75 bits per heavy atom. The molecule has 2 rings (SSSR count). The van der Waals surface area contributed by atoms with Crippen molar-refractivity contribution in [3.8, 4) is 0 Å². The van der Waals surface area contributed by atoms with E-state index in [1.165, 1.54) is 12.1 Å². The number of benzene rings is 1. The molecule has 1 aromatic heterocycles. The second-order valence-corrected chi connectivity index (χ2v) is 4.34. The number of pyridine rings is 1. The topological polar surface area (TPSA) is 38.9 Å². The van der Waals surface area contributed by atoms with Gasteiger partial charge in [-0.15, -0.1) is 0 Å². The van der Waals surface area contributed by atoms with E-state index in [1.807, 2.05) is 0 Å². The highest BCUT2D eigenvalue weighted by Crippen LogP contribution is 2.22. The number of rotatable bonds is 2. The van der Waals surface area contributed by atoms with E-state index in [1.54, 1.807) is 24.5 Å². The fourth-order valence-corrected chi connectivity index (χ4v) is 1.95. The number of aromatic nitrogens is 1. The minimum atomic E-state index is -0.255. The quantitative estimate of drug-likeness (QED) is 0.918. The van der Waals surface area contributed by atoms with Crippen LogP contribution < -0.4 is 5.73 Å². The van der Waals surface area contributed by atoms with Crippen LogP contribution >= 0.6 is 15.9 Å². The summed E-state index contributed by atoms with van der Waals surface area (Å²) in [7, 11) is 0. The fraction of sp³-hybridized carbons (Fsp3) is 0.0833. The van der Waals surface area contributed by atoms with E-state index in [-0.39, 0.29) is 5.82 Å². The zero-order valence-corrected chi connectivity index (χ0v) is 10.0. The number of nitrogen functional groups attached to an aromatic ring is 1. The SMILES string of the molecule is Nc1ccncc1Cc1ccc(F)cc1Br. The van der Waals surface area contributed by atoms with Gasteiger partial charge in [0, 0.05) is 29.0 Å². The number of nitrogens with two attached hydrogens (primary N) is 1. The maximum Gasteiger partial charge on any atom is 0.124 e. The standard InChI is InChI=1S/C12H10BrFN2/c13-11-6-10(14)2-1-8(11)5-9-7-16-4-3-12(9)15/h1-4,6-7H,5H2,(H2,15,16). The third kappa shape index (κ3) is 2.39. The van der Waals surface area contributed by atoms with Crippen LogP contribution in [0.2, 0.25) is 0 Å². The van der Waals surface area contributed by atoms with Gasteiger partial charge in [0.05, 0.1) is 0 Å². The van der Waals surface area contributed by atoms with Gasteiger partial charge in [0.1, 0.15) is 5.82 Å². The van der Waals surface area contributed by atoms with Crippen LogP contribution in [0.15, 0.2) is 41.1 Å². The van der Waals surface area contributed by atoms with Gasteiger partial charge in [0.2, 0.25) is 0 Å². The molecule has 0 aliphatic rings. The largest absolute Gasteiger partial charge is 0.398 e. The van der Waals surface area contributed by atoms with E-state index in [4.69, 9.17) is 5.73 Å². The van der Waals surface area contributed by atoms with E-state index in [9.17, 15) is 4.39 Å². The summed E-state index contributed by atoms with van der Waals surface area (Å²) in [5.41, 5.74) is 8.45. The van der Waals surface area contributed by atoms with Crippen LogP contribution in [0.25, 0.3) is 0 Å². The van der Waals surface area contributed by atoms with Crippen molar-refractivity contribution in [3.63, 3.8) is 0 Å². The Bertz CT molecular complexity index is 514. The number of anilines is 1. The molecule has 0 saturated carbocycles. The first-order valence-electron chi connectivity index (χ1n) is 4.79. The third-order valence-corrected chi connectivity index (χ3v) is 3.08. The molecule has 2 aromatic rings. The molecule has 0 aliphatic heterocycles. The molecule has 0 amide bonds. The lowest BCUT2D eigenvalue weighted by Crippen LogP contribution is -1.97. The second kappa shape index (κ2) is 4.61. The minimum absolute atomic E-state index is 0.255. The Balaban J connectivity index is 2.31. The van der Waals surface area contributed by atoms with Crippen molar-refractivity contribution < 1.29 is 4.39 Å². The summed E-state index contributed by atoms with van der Waals surface area (Å²) >= 11 is 3.33. The molecule has 0 atom stereocenters. The molecule has 0 bridgehead atoms. The first-order chi connectivity index (χ1) is 7.66. The molecule has 0 unspecified atom stereocenters. The number of hydrogen-bond donors (Lipinski definition) is 1. The molecule has 4 heteroatoms. The highest BCUT2D eigenvalue weighted by molar-refractivity contribution is 9.10. The van der Waals surface area contributed by atoms with Gasteiger partial charge in [-0.2, -0.15) is 0 Å². The molecule has 82 valence electrons. The highest BCUT2D eigenvalue weighted by Gasteiger charge is 2.05. The van der Waals surface area contributed by atoms with Crippen molar-refractivity contribution in [1.29, 1.82) is 0 Å². The van der Waals surface area contributed by atoms with Crippen LogP contribution in [-0.4, -0.2) is 4.98 Å². The predicted octanol–water partition coefficient (Wildman–Crippen LogP) is 3.16. The van der Waals surface area contributed by atoms with E-state index < -0.39 is 0 Å². The Labute approximate surface area is 101 Å². The summed E-state index contributed by atoms with van der Waals surface area (Å²) in [5, 5.41) is 0. The van der Waals surface area contributed by atoms with E-state index >= 15 is 0 Å². The van der Waals surface area contributed by atoms with Gasteiger partial charge in [-0.3, -0.25) is 4.98 Å². The molecule has 2 N–H and O–H groups in total. The Hall–Kier alpha value is -1.42. The molecule has 0 fully saturated rings. The van der Waals surface area contributed by atoms with Gasteiger partial charge in [-0.05, 0) is 29.3 Å². The molecule has 0 aliphatic carbocycles. The van der Waals surface area contributed by atoms with Gasteiger partial charge in [-0.25, -0.2) is 4.39 Å². The van der Waals surface area contributed by atoms with E-state index in [2.05, 4.69) is 20.9 Å². The molecule has 0 spiro atoms. The van der Waals surface area contributed by atoms with Gasteiger partial charge in [0.25, 0.3) is 0 Å². The molecular weight excluding hydrogens is 271 g/mol. The lowest BCUT2D eigenvalue weighted by Gasteiger charge is -2.06. The molecule has 0 saturated heterocycles. The van der Waals surface area contributed by atoms with Crippen molar-refractivity contribution >= 4 is 21.6 Å². The van der Waals surface area contributed by atoms with Crippen LogP contribution in [0.3, 0.4) is 0 Å². The lowest BCUT2D eigenvalue weighted by atomic mass is 10.1. The minimum Gasteiger partial charge on any atom is -0.398 e. The Kier molecular flexibility index (Phi) is 3.19. The number of hydrogen-bond acceptors (Lipinski definition) is 2. The summed E-state index contributed by atoms with van der Waals surface area (Å²) in [5.74, 6) is -0.255. The Morgan fingerprint density at radius 2 is 2.06 bits per heavy atom. The number of nitrogens with zero attached hydrogens (tertiary/aromatic N) is 1. The smallest absolute Gasteiger partial charge is 0.124 e. The highest BCUT2D eigenvalue weighted by atomic mass is 79.9. The average molecular weight is 281 g/mol. The van der Waals surface area contributed by atoms with E-state index in [0.29, 0.717) is 12.1 Å². The molecule has 2 nitrogen and oxygen atoms in total. The van der Waals surface area contributed by atoms with Crippen LogP contribution in [0.5, 0.6) is 0 Å². The van der Waals surface area contributed by atoms with Crippen molar-refractivity contribution in [2.24, 2.45) is 0 Å². The van der Waals surface area contributed by atoms with Crippen molar-refractivity contribution in [2.75, 3.05) is 5.73 Å². The van der Waals surface area contributed by atoms with Crippen molar-refractivity contribution in [2.45, 2.75) is 6.42 Å². The second-order valence-electron chi connectivity index (χ2n) is 3.49. The molecule has 16 heavy (non-hydrogen) atoms. The summed E-state index contributed by atoms with van der Waals surface area (Å²) in [6.07, 6.45) is 4.02. The molecule has 1 heterocycles. The van der Waals surface area contributed by atoms with Crippen LogP contribution in [0, 0.1) is 5.82 Å². The average Bonchev–Trinajstić information content (AvgIpc) is 2.25. The Morgan fingerprint density at radius 1 is 1.25 bits per heavy atom. The van der Waals surface area contributed by atoms with Crippen molar-refractivity contribution in [3.05, 3.63) is 58.1 Å². The van der Waals surface area contributed by atoms with Gasteiger partial charge in [0.15, 0.2) is 0 Å². The normalized spacial score (nSPS) is 10.4. The molecular formula is C12H10BrFN2. The van der Waals surface area contributed by atoms with Crippen LogP contribution in [0.1, 0.15) is 11.1 Å². The fourth-order valence-electron chi connectivity index (χ4n) is 1.46. The lowest BCUT2D eigenvalue weighted by molar-refractivity contribution is 0.626. The van der Waals surface area contributed by atoms with E-state index in [0.717, 1.165) is 15.6 Å².